The van der Waals surface area contributed by atoms with Crippen LogP contribution in [0.3, 0.4) is 0 Å². The number of aliphatic hydroxyl groups is 1. The van der Waals surface area contributed by atoms with Gasteiger partial charge in [0, 0.05) is 69.0 Å². The number of hydrogen-bond acceptors (Lipinski definition) is 6. The quantitative estimate of drug-likeness (QED) is 0.544. The standard InChI is InChI=1S/C26H30N4O2/c1-19(31)21-4-8-23(27-16-21)18-30-14-12-25(13-15-30)32-26-11-7-22(17-28-26)20-5-9-24(10-6-20)29(2)3/h4-11,16-17,25,31H,1,12-15,18H2,2-3H3. The lowest BCUT2D eigenvalue weighted by Crippen LogP contribution is -2.38. The van der Waals surface area contributed by atoms with Crippen LogP contribution < -0.4 is 9.64 Å². The van der Waals surface area contributed by atoms with Gasteiger partial charge >= 0.3 is 0 Å². The molecule has 2 aromatic heterocycles. The number of anilines is 1. The number of aliphatic hydroxyl groups excluding tert-OH is 1. The summed E-state index contributed by atoms with van der Waals surface area (Å²) in [5, 5.41) is 9.42. The number of ether oxygens (including phenoxy) is 1. The Morgan fingerprint density at radius 1 is 1.00 bits per heavy atom. The fourth-order valence-electron chi connectivity index (χ4n) is 3.85. The van der Waals surface area contributed by atoms with Crippen LogP contribution in [0.15, 0.2) is 67.5 Å². The van der Waals surface area contributed by atoms with E-state index in [0.717, 1.165) is 49.3 Å². The molecule has 1 aliphatic heterocycles. The SMILES string of the molecule is C=C(O)c1ccc(CN2CCC(Oc3ccc(-c4ccc(N(C)C)cc4)cn3)CC2)nc1. The van der Waals surface area contributed by atoms with Crippen molar-refractivity contribution >= 4 is 11.4 Å². The van der Waals surface area contributed by atoms with Gasteiger partial charge in [-0.2, -0.15) is 0 Å². The summed E-state index contributed by atoms with van der Waals surface area (Å²) in [7, 11) is 4.08. The first-order chi connectivity index (χ1) is 15.5. The van der Waals surface area contributed by atoms with Gasteiger partial charge in [-0.15, -0.1) is 0 Å². The summed E-state index contributed by atoms with van der Waals surface area (Å²) in [6.07, 6.45) is 5.64. The summed E-state index contributed by atoms with van der Waals surface area (Å²) in [5.74, 6) is 0.726. The Morgan fingerprint density at radius 2 is 1.72 bits per heavy atom. The van der Waals surface area contributed by atoms with E-state index in [1.807, 2.05) is 38.5 Å². The van der Waals surface area contributed by atoms with Crippen molar-refractivity contribution < 1.29 is 9.84 Å². The molecule has 4 rings (SSSR count). The minimum absolute atomic E-state index is 0.0471. The molecule has 3 aromatic rings. The van der Waals surface area contributed by atoms with Crippen LogP contribution >= 0.6 is 0 Å². The Bertz CT molecular complexity index is 1020. The second-order valence-corrected chi connectivity index (χ2v) is 8.40. The average molecular weight is 431 g/mol. The second kappa shape index (κ2) is 9.83. The monoisotopic (exact) mass is 430 g/mol. The van der Waals surface area contributed by atoms with E-state index in [4.69, 9.17) is 4.74 Å². The van der Waals surface area contributed by atoms with E-state index >= 15 is 0 Å². The largest absolute Gasteiger partial charge is 0.508 e. The number of rotatable bonds is 7. The maximum absolute atomic E-state index is 9.42. The van der Waals surface area contributed by atoms with Crippen LogP contribution in [0.4, 0.5) is 5.69 Å². The van der Waals surface area contributed by atoms with E-state index in [0.29, 0.717) is 11.4 Å². The van der Waals surface area contributed by atoms with Crippen LogP contribution in [-0.2, 0) is 6.54 Å². The summed E-state index contributed by atoms with van der Waals surface area (Å²) in [5.41, 5.74) is 5.06. The molecule has 0 spiro atoms. The molecule has 32 heavy (non-hydrogen) atoms. The summed E-state index contributed by atoms with van der Waals surface area (Å²) >= 11 is 0. The number of nitrogens with zero attached hydrogens (tertiary/aromatic N) is 4. The molecule has 1 saturated heterocycles. The van der Waals surface area contributed by atoms with Gasteiger partial charge in [-0.1, -0.05) is 18.7 Å². The maximum Gasteiger partial charge on any atom is 0.213 e. The van der Waals surface area contributed by atoms with Crippen molar-refractivity contribution in [2.24, 2.45) is 0 Å². The lowest BCUT2D eigenvalue weighted by atomic mass is 10.1. The fraction of sp³-hybridized carbons (Fsp3) is 0.308. The molecular weight excluding hydrogens is 400 g/mol. The highest BCUT2D eigenvalue weighted by Crippen LogP contribution is 2.24. The molecule has 1 aromatic carbocycles. The Balaban J connectivity index is 1.27. The number of pyridine rings is 2. The molecular formula is C26H30N4O2. The Hall–Kier alpha value is -3.38. The lowest BCUT2D eigenvalue weighted by Gasteiger charge is -2.31. The molecule has 0 radical (unpaired) electrons. The lowest BCUT2D eigenvalue weighted by molar-refractivity contribution is 0.0926. The maximum atomic E-state index is 9.42. The van der Waals surface area contributed by atoms with E-state index in [1.165, 1.54) is 5.69 Å². The van der Waals surface area contributed by atoms with Crippen LogP contribution in [0.5, 0.6) is 5.88 Å². The molecule has 0 amide bonds. The first-order valence-electron chi connectivity index (χ1n) is 10.9. The molecule has 1 aliphatic rings. The highest BCUT2D eigenvalue weighted by atomic mass is 16.5. The van der Waals surface area contributed by atoms with Gasteiger partial charge in [-0.3, -0.25) is 9.88 Å². The predicted molar refractivity (Wildman–Crippen MR) is 129 cm³/mol. The second-order valence-electron chi connectivity index (χ2n) is 8.40. The number of hydrogen-bond donors (Lipinski definition) is 1. The third-order valence-electron chi connectivity index (χ3n) is 5.82. The molecule has 1 N–H and O–H groups in total. The van der Waals surface area contributed by atoms with Crippen LogP contribution in [-0.4, -0.2) is 53.3 Å². The Morgan fingerprint density at radius 3 is 2.28 bits per heavy atom. The summed E-state index contributed by atoms with van der Waals surface area (Å²) in [4.78, 5) is 13.4. The van der Waals surface area contributed by atoms with E-state index in [-0.39, 0.29) is 11.9 Å². The van der Waals surface area contributed by atoms with Crippen molar-refractivity contribution in [1.29, 1.82) is 0 Å². The summed E-state index contributed by atoms with van der Waals surface area (Å²) < 4.78 is 6.14. The number of aromatic nitrogens is 2. The minimum atomic E-state index is 0.0471. The van der Waals surface area contributed by atoms with Crippen LogP contribution in [0.1, 0.15) is 24.1 Å². The first kappa shape index (κ1) is 21.8. The number of piperidine rings is 1. The van der Waals surface area contributed by atoms with Crippen LogP contribution in [0.2, 0.25) is 0 Å². The van der Waals surface area contributed by atoms with Gasteiger partial charge in [-0.25, -0.2) is 4.98 Å². The average Bonchev–Trinajstić information content (AvgIpc) is 2.81. The summed E-state index contributed by atoms with van der Waals surface area (Å²) in [6.45, 7) is 6.23. The van der Waals surface area contributed by atoms with Gasteiger partial charge in [-0.05, 0) is 48.7 Å². The molecule has 0 bridgehead atoms. The zero-order chi connectivity index (χ0) is 22.5. The Labute approximate surface area is 189 Å². The topological polar surface area (TPSA) is 61.7 Å². The normalized spacial score (nSPS) is 14.8. The van der Waals surface area contributed by atoms with Crippen molar-refractivity contribution in [1.82, 2.24) is 14.9 Å². The molecule has 3 heterocycles. The van der Waals surface area contributed by atoms with Gasteiger partial charge in [0.05, 0.1) is 5.69 Å². The van der Waals surface area contributed by atoms with Gasteiger partial charge in [0.15, 0.2) is 0 Å². The van der Waals surface area contributed by atoms with Crippen molar-refractivity contribution in [3.05, 3.63) is 78.8 Å². The zero-order valence-corrected chi connectivity index (χ0v) is 18.7. The third-order valence-corrected chi connectivity index (χ3v) is 5.82. The van der Waals surface area contributed by atoms with Gasteiger partial charge < -0.3 is 14.7 Å². The van der Waals surface area contributed by atoms with Crippen molar-refractivity contribution in [2.45, 2.75) is 25.5 Å². The van der Waals surface area contributed by atoms with Crippen LogP contribution in [0, 0.1) is 0 Å². The highest BCUT2D eigenvalue weighted by Gasteiger charge is 2.21. The van der Waals surface area contributed by atoms with Gasteiger partial charge in [0.1, 0.15) is 11.9 Å². The van der Waals surface area contributed by atoms with E-state index < -0.39 is 0 Å². The highest BCUT2D eigenvalue weighted by molar-refractivity contribution is 5.65. The third kappa shape index (κ3) is 5.45. The van der Waals surface area contributed by atoms with Gasteiger partial charge in [0.25, 0.3) is 0 Å². The van der Waals surface area contributed by atoms with E-state index in [1.54, 1.807) is 6.20 Å². The number of likely N-dealkylation sites (tertiary alicyclic amines) is 1. The van der Waals surface area contributed by atoms with E-state index in [9.17, 15) is 5.11 Å². The minimum Gasteiger partial charge on any atom is -0.508 e. The molecule has 0 atom stereocenters. The molecule has 1 fully saturated rings. The van der Waals surface area contributed by atoms with Crippen molar-refractivity contribution in [2.75, 3.05) is 32.1 Å². The fourth-order valence-corrected chi connectivity index (χ4v) is 3.85. The predicted octanol–water partition coefficient (Wildman–Crippen LogP) is 4.78. The smallest absolute Gasteiger partial charge is 0.213 e. The molecule has 166 valence electrons. The van der Waals surface area contributed by atoms with E-state index in [2.05, 4.69) is 56.7 Å². The molecule has 0 saturated carbocycles. The van der Waals surface area contributed by atoms with Crippen LogP contribution in [0.25, 0.3) is 16.9 Å². The zero-order valence-electron chi connectivity index (χ0n) is 18.7. The molecule has 6 nitrogen and oxygen atoms in total. The summed E-state index contributed by atoms with van der Waals surface area (Å²) in [6, 6.07) is 16.3. The molecule has 0 aliphatic carbocycles. The molecule has 0 unspecified atom stereocenters. The van der Waals surface area contributed by atoms with Crippen molar-refractivity contribution in [3.8, 4) is 17.0 Å². The molecule has 6 heteroatoms. The first-order valence-corrected chi connectivity index (χ1v) is 10.9. The van der Waals surface area contributed by atoms with Gasteiger partial charge in [0.2, 0.25) is 5.88 Å². The Kier molecular flexibility index (Phi) is 6.71. The van der Waals surface area contributed by atoms with Crippen molar-refractivity contribution in [3.63, 3.8) is 0 Å². The number of benzene rings is 1.